The molecular formula is C26H21Cl2N3O4S2. The molecule has 0 saturated heterocycles. The lowest BCUT2D eigenvalue weighted by molar-refractivity contribution is 0.582. The first kappa shape index (κ1) is 26.8. The molecule has 11 heteroatoms. The number of benzene rings is 3. The first-order valence-electron chi connectivity index (χ1n) is 10.9. The summed E-state index contributed by atoms with van der Waals surface area (Å²) in [6.45, 7) is 3.50. The highest BCUT2D eigenvalue weighted by Crippen LogP contribution is 2.38. The standard InChI is InChI=1S/C26H21Cl2N3O4S2/c1-18-19(2)30(17-20-6-4-3-5-7-20)26(25(18)16-29)31(36(32,33)23-12-8-21(27)9-13-23)37(34,35)24-14-10-22(28)11-15-24/h3-15H,17H2,1-2H3. The minimum Gasteiger partial charge on any atom is -0.325 e. The molecule has 0 fully saturated rings. The molecule has 3 aromatic carbocycles. The van der Waals surface area contributed by atoms with Crippen molar-refractivity contribution in [3.05, 3.63) is 111 Å². The summed E-state index contributed by atoms with van der Waals surface area (Å²) in [6.07, 6.45) is 0. The van der Waals surface area contributed by atoms with Gasteiger partial charge in [-0.3, -0.25) is 0 Å². The fourth-order valence-electron chi connectivity index (χ4n) is 3.89. The molecule has 0 unspecified atom stereocenters. The zero-order chi connectivity index (χ0) is 27.0. The summed E-state index contributed by atoms with van der Waals surface area (Å²) in [5.74, 6) is -0.272. The van der Waals surface area contributed by atoms with Crippen LogP contribution in [0.4, 0.5) is 5.82 Å². The Kier molecular flexibility index (Phi) is 7.40. The summed E-state index contributed by atoms with van der Waals surface area (Å²) in [6, 6.07) is 21.4. The Hall–Kier alpha value is -3.29. The summed E-state index contributed by atoms with van der Waals surface area (Å²) < 4.78 is 58.2. The number of rotatable bonds is 7. The molecule has 0 saturated carbocycles. The van der Waals surface area contributed by atoms with Crippen LogP contribution in [-0.4, -0.2) is 21.4 Å². The van der Waals surface area contributed by atoms with Crippen LogP contribution in [0, 0.1) is 25.2 Å². The zero-order valence-electron chi connectivity index (χ0n) is 19.8. The van der Waals surface area contributed by atoms with Crippen LogP contribution in [0.3, 0.4) is 0 Å². The van der Waals surface area contributed by atoms with Crippen molar-refractivity contribution in [2.75, 3.05) is 3.71 Å². The maximum atomic E-state index is 14.1. The van der Waals surface area contributed by atoms with Crippen molar-refractivity contribution < 1.29 is 16.8 Å². The van der Waals surface area contributed by atoms with Gasteiger partial charge in [0.2, 0.25) is 0 Å². The minimum absolute atomic E-state index is 0.0662. The number of sulfonamides is 2. The fourth-order valence-corrected chi connectivity index (χ4v) is 7.87. The van der Waals surface area contributed by atoms with Gasteiger partial charge in [-0.05, 0) is 73.5 Å². The normalized spacial score (nSPS) is 11.8. The van der Waals surface area contributed by atoms with Crippen molar-refractivity contribution in [2.45, 2.75) is 30.2 Å². The summed E-state index contributed by atoms with van der Waals surface area (Å²) in [4.78, 5) is -0.609. The molecule has 0 aliphatic carbocycles. The molecule has 0 aliphatic rings. The van der Waals surface area contributed by atoms with Gasteiger partial charge in [0.15, 0.2) is 5.82 Å². The van der Waals surface area contributed by atoms with Gasteiger partial charge in [-0.2, -0.15) is 22.1 Å². The average Bonchev–Trinajstić information content (AvgIpc) is 3.09. The van der Waals surface area contributed by atoms with E-state index in [1.54, 1.807) is 13.8 Å². The number of aromatic nitrogens is 1. The molecule has 190 valence electrons. The van der Waals surface area contributed by atoms with Crippen molar-refractivity contribution in [3.8, 4) is 6.07 Å². The van der Waals surface area contributed by atoms with E-state index in [9.17, 15) is 22.1 Å². The van der Waals surface area contributed by atoms with Crippen LogP contribution in [-0.2, 0) is 26.6 Å². The van der Waals surface area contributed by atoms with Gasteiger partial charge in [0.1, 0.15) is 6.07 Å². The topological polar surface area (TPSA) is 100 Å². The highest BCUT2D eigenvalue weighted by atomic mass is 35.5. The van der Waals surface area contributed by atoms with Crippen molar-refractivity contribution >= 4 is 49.1 Å². The molecule has 0 radical (unpaired) electrons. The molecule has 0 atom stereocenters. The van der Waals surface area contributed by atoms with E-state index in [0.717, 1.165) is 5.56 Å². The van der Waals surface area contributed by atoms with Gasteiger partial charge in [0.25, 0.3) is 20.0 Å². The van der Waals surface area contributed by atoms with Crippen LogP contribution in [0.5, 0.6) is 0 Å². The third-order valence-electron chi connectivity index (χ3n) is 5.93. The Bertz CT molecular complexity index is 1630. The van der Waals surface area contributed by atoms with Gasteiger partial charge in [0.05, 0.1) is 15.4 Å². The van der Waals surface area contributed by atoms with Gasteiger partial charge in [0, 0.05) is 22.3 Å². The quantitative estimate of drug-likeness (QED) is 0.273. The summed E-state index contributed by atoms with van der Waals surface area (Å²) in [7, 11) is -9.51. The number of hydrogen-bond acceptors (Lipinski definition) is 5. The number of nitriles is 1. The van der Waals surface area contributed by atoms with Crippen LogP contribution in [0.25, 0.3) is 0 Å². The lowest BCUT2D eigenvalue weighted by Gasteiger charge is -2.26. The predicted octanol–water partition coefficient (Wildman–Crippen LogP) is 5.92. The molecule has 4 aromatic rings. The first-order chi connectivity index (χ1) is 17.5. The Morgan fingerprint density at radius 1 is 0.784 bits per heavy atom. The molecule has 0 bridgehead atoms. The van der Waals surface area contributed by atoms with Crippen LogP contribution in [0.1, 0.15) is 22.4 Å². The van der Waals surface area contributed by atoms with E-state index in [2.05, 4.69) is 0 Å². The van der Waals surface area contributed by atoms with Crippen molar-refractivity contribution in [1.29, 1.82) is 5.26 Å². The molecule has 1 aromatic heterocycles. The Balaban J connectivity index is 2.08. The molecule has 7 nitrogen and oxygen atoms in total. The monoisotopic (exact) mass is 573 g/mol. The van der Waals surface area contributed by atoms with Crippen LogP contribution in [0.2, 0.25) is 10.0 Å². The smallest absolute Gasteiger partial charge is 0.278 e. The van der Waals surface area contributed by atoms with E-state index >= 15 is 0 Å². The highest BCUT2D eigenvalue weighted by molar-refractivity contribution is 8.10. The van der Waals surface area contributed by atoms with Gasteiger partial charge >= 0.3 is 0 Å². The molecule has 0 spiro atoms. The van der Waals surface area contributed by atoms with E-state index < -0.39 is 20.0 Å². The summed E-state index contributed by atoms with van der Waals surface area (Å²) in [5, 5.41) is 10.6. The molecule has 4 rings (SSSR count). The Morgan fingerprint density at radius 2 is 1.24 bits per heavy atom. The third-order valence-corrected chi connectivity index (χ3v) is 10.6. The van der Waals surface area contributed by atoms with Gasteiger partial charge in [-0.1, -0.05) is 53.5 Å². The molecule has 0 amide bonds. The molecule has 0 aliphatic heterocycles. The van der Waals surface area contributed by atoms with Crippen molar-refractivity contribution in [3.63, 3.8) is 0 Å². The summed E-state index contributed by atoms with van der Waals surface area (Å²) in [5.41, 5.74) is 1.75. The largest absolute Gasteiger partial charge is 0.325 e. The van der Waals surface area contributed by atoms with Crippen LogP contribution < -0.4 is 3.71 Å². The zero-order valence-corrected chi connectivity index (χ0v) is 22.9. The molecule has 0 N–H and O–H groups in total. The Morgan fingerprint density at radius 3 is 1.68 bits per heavy atom. The van der Waals surface area contributed by atoms with E-state index in [1.807, 2.05) is 36.4 Å². The van der Waals surface area contributed by atoms with Gasteiger partial charge in [-0.15, -0.1) is 3.71 Å². The maximum Gasteiger partial charge on any atom is 0.278 e. The van der Waals surface area contributed by atoms with Crippen LogP contribution >= 0.6 is 23.2 Å². The van der Waals surface area contributed by atoms with E-state index in [-0.39, 0.29) is 37.8 Å². The Labute approximate surface area is 226 Å². The van der Waals surface area contributed by atoms with Crippen molar-refractivity contribution in [2.24, 2.45) is 0 Å². The van der Waals surface area contributed by atoms with E-state index in [4.69, 9.17) is 23.2 Å². The van der Waals surface area contributed by atoms with E-state index in [1.165, 1.54) is 53.1 Å². The molecular weight excluding hydrogens is 553 g/mol. The number of anilines is 1. The number of nitrogens with zero attached hydrogens (tertiary/aromatic N) is 3. The molecule has 1 heterocycles. The fraction of sp³-hybridized carbons (Fsp3) is 0.115. The van der Waals surface area contributed by atoms with Gasteiger partial charge in [-0.25, -0.2) is 0 Å². The third kappa shape index (κ3) is 4.98. The predicted molar refractivity (Wildman–Crippen MR) is 144 cm³/mol. The lowest BCUT2D eigenvalue weighted by Crippen LogP contribution is -2.39. The SMILES string of the molecule is Cc1c(C#N)c(N(S(=O)(=O)c2ccc(Cl)cc2)S(=O)(=O)c2ccc(Cl)cc2)n(Cc2ccccc2)c1C. The first-order valence-corrected chi connectivity index (χ1v) is 14.6. The summed E-state index contributed by atoms with van der Waals surface area (Å²) >= 11 is 11.9. The molecule has 37 heavy (non-hydrogen) atoms. The second kappa shape index (κ2) is 10.2. The maximum absolute atomic E-state index is 14.1. The van der Waals surface area contributed by atoms with Gasteiger partial charge < -0.3 is 4.57 Å². The second-order valence-electron chi connectivity index (χ2n) is 8.21. The van der Waals surface area contributed by atoms with Crippen molar-refractivity contribution in [1.82, 2.24) is 4.57 Å². The minimum atomic E-state index is -4.76. The highest BCUT2D eigenvalue weighted by Gasteiger charge is 2.41. The average molecular weight is 575 g/mol. The van der Waals surface area contributed by atoms with E-state index in [0.29, 0.717) is 15.0 Å². The second-order valence-corrected chi connectivity index (χ2v) is 12.9. The lowest BCUT2D eigenvalue weighted by atomic mass is 10.2. The van der Waals surface area contributed by atoms with Crippen LogP contribution in [0.15, 0.2) is 88.7 Å². The number of hydrogen-bond donors (Lipinski definition) is 0. The number of halogens is 2.